The highest BCUT2D eigenvalue weighted by Crippen LogP contribution is 2.50. The van der Waals surface area contributed by atoms with Crippen LogP contribution >= 0.6 is 0 Å². The normalized spacial score (nSPS) is 14.6. The Kier molecular flexibility index (Phi) is 4.97. The topological polar surface area (TPSA) is 27.6 Å². The molecule has 0 radical (unpaired) electrons. The monoisotopic (exact) mass is 373 g/mol. The van der Waals surface area contributed by atoms with E-state index in [1.807, 2.05) is 80.8 Å². The van der Waals surface area contributed by atoms with Gasteiger partial charge in [0.25, 0.3) is 0 Å². The molecule has 1 saturated carbocycles. The quantitative estimate of drug-likeness (QED) is 0.473. The predicted molar refractivity (Wildman–Crippen MR) is 113 cm³/mol. The molecular formula is C24H24FN3. The Morgan fingerprint density at radius 2 is 1.46 bits per heavy atom. The first-order valence-electron chi connectivity index (χ1n) is 9.52. The molecule has 4 rings (SSSR count). The lowest BCUT2D eigenvalue weighted by atomic mass is 10.0. The number of hydrogen-bond acceptors (Lipinski definition) is 3. The fourth-order valence-electron chi connectivity index (χ4n) is 3.61. The third-order valence-electron chi connectivity index (χ3n) is 5.47. The predicted octanol–water partition coefficient (Wildman–Crippen LogP) is 5.24. The molecule has 0 amide bonds. The summed E-state index contributed by atoms with van der Waals surface area (Å²) in [5, 5.41) is 4.55. The number of benzene rings is 3. The van der Waals surface area contributed by atoms with E-state index in [9.17, 15) is 4.39 Å². The van der Waals surface area contributed by atoms with Crippen LogP contribution in [0.3, 0.4) is 0 Å². The van der Waals surface area contributed by atoms with E-state index >= 15 is 0 Å². The molecule has 1 fully saturated rings. The molecule has 0 unspecified atom stereocenters. The Morgan fingerprint density at radius 3 is 1.93 bits per heavy atom. The zero-order valence-electron chi connectivity index (χ0n) is 16.2. The minimum atomic E-state index is -0.283. The van der Waals surface area contributed by atoms with E-state index in [0.717, 1.165) is 35.2 Å². The second kappa shape index (κ2) is 7.56. The number of hydrogen-bond donors (Lipinski definition) is 1. The van der Waals surface area contributed by atoms with Crippen LogP contribution in [-0.2, 0) is 5.54 Å². The van der Waals surface area contributed by atoms with Gasteiger partial charge in [-0.15, -0.1) is 0 Å². The van der Waals surface area contributed by atoms with Crippen molar-refractivity contribution < 1.29 is 4.39 Å². The molecule has 0 spiro atoms. The fourth-order valence-corrected chi connectivity index (χ4v) is 3.61. The van der Waals surface area contributed by atoms with Gasteiger partial charge in [0.1, 0.15) is 5.82 Å². The zero-order chi connectivity index (χ0) is 19.6. The molecule has 0 aromatic heterocycles. The van der Waals surface area contributed by atoms with Gasteiger partial charge in [0.05, 0.1) is 11.4 Å². The average Bonchev–Trinajstić information content (AvgIpc) is 3.53. The van der Waals surface area contributed by atoms with Crippen LogP contribution in [0.25, 0.3) is 0 Å². The summed E-state index contributed by atoms with van der Waals surface area (Å²) in [6.07, 6.45) is 2.13. The Hall–Kier alpha value is -2.98. The molecule has 28 heavy (non-hydrogen) atoms. The minimum absolute atomic E-state index is 0.0120. The van der Waals surface area contributed by atoms with Crippen molar-refractivity contribution in [2.75, 3.05) is 19.5 Å². The van der Waals surface area contributed by atoms with Crippen LogP contribution in [0.5, 0.6) is 0 Å². The molecule has 0 saturated heterocycles. The number of rotatable bonds is 6. The van der Waals surface area contributed by atoms with Gasteiger partial charge < -0.3 is 0 Å². The first-order valence-corrected chi connectivity index (χ1v) is 9.52. The Bertz CT molecular complexity index is 936. The molecule has 142 valence electrons. The van der Waals surface area contributed by atoms with Crippen LogP contribution in [0.15, 0.2) is 84.0 Å². The molecular weight excluding hydrogens is 349 g/mol. The summed E-state index contributed by atoms with van der Waals surface area (Å²) >= 11 is 0. The first-order chi connectivity index (χ1) is 13.6. The van der Waals surface area contributed by atoms with Crippen LogP contribution in [-0.4, -0.2) is 24.7 Å². The molecule has 0 heterocycles. The molecule has 1 N–H and O–H groups in total. The van der Waals surface area contributed by atoms with E-state index in [1.165, 1.54) is 0 Å². The van der Waals surface area contributed by atoms with Gasteiger partial charge in [-0.2, -0.15) is 5.10 Å². The summed E-state index contributed by atoms with van der Waals surface area (Å²) in [6, 6.07) is 25.2. The van der Waals surface area contributed by atoms with Gasteiger partial charge in [0.2, 0.25) is 0 Å². The lowest BCUT2D eigenvalue weighted by Gasteiger charge is -2.24. The van der Waals surface area contributed by atoms with Crippen molar-refractivity contribution >= 4 is 11.4 Å². The van der Waals surface area contributed by atoms with Crippen molar-refractivity contribution in [3.8, 4) is 0 Å². The number of hydrazone groups is 1. The van der Waals surface area contributed by atoms with Crippen LogP contribution in [0.1, 0.15) is 29.5 Å². The number of anilines is 1. The molecule has 0 aliphatic heterocycles. The standard InChI is InChI=1S/C24H24FN3/c1-28(2)24(15-16-24)20-13-14-22(21(25)17-20)26-27-23(18-9-5-3-6-10-18)19-11-7-4-8-12-19/h3-14,17,26H,15-16H2,1-2H3. The third kappa shape index (κ3) is 3.56. The largest absolute Gasteiger partial charge is 0.300 e. The Morgan fingerprint density at radius 1 is 0.893 bits per heavy atom. The van der Waals surface area contributed by atoms with E-state index < -0.39 is 0 Å². The molecule has 1 aliphatic rings. The van der Waals surface area contributed by atoms with E-state index in [1.54, 1.807) is 12.1 Å². The smallest absolute Gasteiger partial charge is 0.148 e. The van der Waals surface area contributed by atoms with E-state index in [2.05, 4.69) is 15.4 Å². The third-order valence-corrected chi connectivity index (χ3v) is 5.47. The summed E-state index contributed by atoms with van der Waals surface area (Å²) in [4.78, 5) is 2.18. The average molecular weight is 373 g/mol. The van der Waals surface area contributed by atoms with Gasteiger partial charge in [0, 0.05) is 16.7 Å². The number of halogens is 1. The maximum Gasteiger partial charge on any atom is 0.148 e. The molecule has 0 atom stereocenters. The summed E-state index contributed by atoms with van der Waals surface area (Å²) < 4.78 is 14.8. The molecule has 4 heteroatoms. The van der Waals surface area contributed by atoms with Gasteiger partial charge in [0.15, 0.2) is 0 Å². The Labute approximate surface area is 165 Å². The summed E-state index contributed by atoms with van der Waals surface area (Å²) in [5.74, 6) is -0.283. The molecule has 3 aromatic carbocycles. The minimum Gasteiger partial charge on any atom is -0.300 e. The fraction of sp³-hybridized carbons (Fsp3) is 0.208. The van der Waals surface area contributed by atoms with Crippen LogP contribution in [0.2, 0.25) is 0 Å². The lowest BCUT2D eigenvalue weighted by Crippen LogP contribution is -2.27. The van der Waals surface area contributed by atoms with Crippen molar-refractivity contribution in [2.45, 2.75) is 18.4 Å². The summed E-state index contributed by atoms with van der Waals surface area (Å²) in [5.41, 5.74) is 7.05. The first kappa shape index (κ1) is 18.4. The lowest BCUT2D eigenvalue weighted by molar-refractivity contribution is 0.275. The van der Waals surface area contributed by atoms with Crippen LogP contribution < -0.4 is 5.43 Å². The van der Waals surface area contributed by atoms with Crippen LogP contribution in [0, 0.1) is 5.82 Å². The summed E-state index contributed by atoms with van der Waals surface area (Å²) in [7, 11) is 4.10. The van der Waals surface area contributed by atoms with Crippen molar-refractivity contribution in [1.82, 2.24) is 4.90 Å². The van der Waals surface area contributed by atoms with Gasteiger partial charge >= 0.3 is 0 Å². The zero-order valence-corrected chi connectivity index (χ0v) is 16.2. The second-order valence-electron chi connectivity index (χ2n) is 7.42. The van der Waals surface area contributed by atoms with Gasteiger partial charge in [-0.1, -0.05) is 66.7 Å². The number of nitrogens with zero attached hydrogens (tertiary/aromatic N) is 2. The SMILES string of the molecule is CN(C)C1(c2ccc(NN=C(c3ccccc3)c3ccccc3)c(F)c2)CC1. The van der Waals surface area contributed by atoms with Crippen LogP contribution in [0.4, 0.5) is 10.1 Å². The van der Waals surface area contributed by atoms with E-state index in [0.29, 0.717) is 5.69 Å². The van der Waals surface area contributed by atoms with E-state index in [4.69, 9.17) is 0 Å². The molecule has 3 aromatic rings. The van der Waals surface area contributed by atoms with E-state index in [-0.39, 0.29) is 11.4 Å². The summed E-state index contributed by atoms with van der Waals surface area (Å²) in [6.45, 7) is 0. The maximum absolute atomic E-state index is 14.8. The maximum atomic E-state index is 14.8. The molecule has 3 nitrogen and oxygen atoms in total. The second-order valence-corrected chi connectivity index (χ2v) is 7.42. The Balaban J connectivity index is 1.64. The van der Waals surface area contributed by atoms with Gasteiger partial charge in [-0.05, 0) is 44.6 Å². The highest BCUT2D eigenvalue weighted by molar-refractivity contribution is 6.13. The molecule has 0 bridgehead atoms. The number of nitrogens with one attached hydrogen (secondary N) is 1. The highest BCUT2D eigenvalue weighted by Gasteiger charge is 2.46. The molecule has 1 aliphatic carbocycles. The van der Waals surface area contributed by atoms with Gasteiger partial charge in [-0.25, -0.2) is 4.39 Å². The van der Waals surface area contributed by atoms with Crippen molar-refractivity contribution in [3.63, 3.8) is 0 Å². The van der Waals surface area contributed by atoms with Crippen molar-refractivity contribution in [3.05, 3.63) is 101 Å². The highest BCUT2D eigenvalue weighted by atomic mass is 19.1. The van der Waals surface area contributed by atoms with Gasteiger partial charge in [-0.3, -0.25) is 10.3 Å². The van der Waals surface area contributed by atoms with Crippen molar-refractivity contribution in [1.29, 1.82) is 0 Å². The van der Waals surface area contributed by atoms with Crippen molar-refractivity contribution in [2.24, 2.45) is 5.10 Å².